The van der Waals surface area contributed by atoms with Gasteiger partial charge in [0.2, 0.25) is 0 Å². The van der Waals surface area contributed by atoms with Gasteiger partial charge in [0.05, 0.1) is 12.6 Å². The monoisotopic (exact) mass is 323 g/mol. The van der Waals surface area contributed by atoms with Gasteiger partial charge in [-0.1, -0.05) is 18.2 Å². The highest BCUT2D eigenvalue weighted by atomic mass is 16.6. The molecule has 2 unspecified atom stereocenters. The summed E-state index contributed by atoms with van der Waals surface area (Å²) in [6, 6.07) is 6.96. The van der Waals surface area contributed by atoms with Crippen LogP contribution in [0.15, 0.2) is 24.3 Å². The van der Waals surface area contributed by atoms with Crippen molar-refractivity contribution in [1.82, 2.24) is 5.32 Å². The van der Waals surface area contributed by atoms with Gasteiger partial charge in [-0.25, -0.2) is 4.79 Å². The quantitative estimate of drug-likeness (QED) is 0.834. The minimum Gasteiger partial charge on any atom is -0.493 e. The minimum atomic E-state index is -0.620. The third-order valence-corrected chi connectivity index (χ3v) is 3.27. The lowest BCUT2D eigenvalue weighted by molar-refractivity contribution is -0.110. The summed E-state index contributed by atoms with van der Waals surface area (Å²) in [7, 11) is 1.00. The Kier molecular flexibility index (Phi) is 7.03. The van der Waals surface area contributed by atoms with Crippen LogP contribution in [0.2, 0.25) is 0 Å². The molecule has 2 N–H and O–H groups in total. The first-order chi connectivity index (χ1) is 10.9. The molecule has 6 heteroatoms. The summed E-state index contributed by atoms with van der Waals surface area (Å²) in [6.07, 6.45) is 0.857. The van der Waals surface area contributed by atoms with Gasteiger partial charge < -0.3 is 24.7 Å². The highest BCUT2D eigenvalue weighted by molar-refractivity contribution is 5.74. The van der Waals surface area contributed by atoms with Crippen molar-refractivity contribution < 1.29 is 24.2 Å². The predicted octanol–water partition coefficient (Wildman–Crippen LogP) is 2.25. The highest BCUT2D eigenvalue weighted by Crippen LogP contribution is 2.35. The van der Waals surface area contributed by atoms with Gasteiger partial charge in [-0.15, -0.1) is 0 Å². The Bertz CT molecular complexity index is 524. The molecule has 0 radical (unpaired) electrons. The molecule has 2 rings (SSSR count). The maximum atomic E-state index is 11.9. The summed E-state index contributed by atoms with van der Waals surface area (Å²) in [6.45, 7) is 5.88. The number of benzene rings is 1. The molecular weight excluding hydrogens is 298 g/mol. The van der Waals surface area contributed by atoms with Crippen LogP contribution in [0.1, 0.15) is 38.7 Å². The molecule has 128 valence electrons. The highest BCUT2D eigenvalue weighted by Gasteiger charge is 2.30. The number of ether oxygens (including phenoxy) is 2. The fourth-order valence-corrected chi connectivity index (χ4v) is 2.42. The standard InChI is InChI=1S/C16H21NO4.CH4O/c1-16(2,3)21-15(19)17-13(10-18)11-8-9-20-14-7-5-4-6-12(11)14;1-2/h4-7,10-11,13H,8-9H2,1-3H3,(H,17,19);2H,1H3. The van der Waals surface area contributed by atoms with Gasteiger partial charge in [0, 0.05) is 13.0 Å². The van der Waals surface area contributed by atoms with E-state index in [-0.39, 0.29) is 5.92 Å². The topological polar surface area (TPSA) is 84.9 Å². The van der Waals surface area contributed by atoms with E-state index in [4.69, 9.17) is 14.6 Å². The lowest BCUT2D eigenvalue weighted by atomic mass is 9.87. The van der Waals surface area contributed by atoms with Crippen LogP contribution < -0.4 is 10.1 Å². The number of para-hydroxylation sites is 1. The third-order valence-electron chi connectivity index (χ3n) is 3.27. The van der Waals surface area contributed by atoms with E-state index in [1.165, 1.54) is 0 Å². The molecule has 0 aromatic heterocycles. The van der Waals surface area contributed by atoms with Crippen LogP contribution in [0.25, 0.3) is 0 Å². The Morgan fingerprint density at radius 3 is 2.65 bits per heavy atom. The van der Waals surface area contributed by atoms with Crippen molar-refractivity contribution in [3.8, 4) is 5.75 Å². The minimum absolute atomic E-state index is 0.0973. The average Bonchev–Trinajstić information content (AvgIpc) is 2.52. The molecule has 1 aliphatic heterocycles. The Hall–Kier alpha value is -2.08. The van der Waals surface area contributed by atoms with E-state index in [0.29, 0.717) is 13.0 Å². The van der Waals surface area contributed by atoms with E-state index in [0.717, 1.165) is 24.7 Å². The zero-order valence-corrected chi connectivity index (χ0v) is 14.0. The molecule has 0 saturated heterocycles. The molecule has 0 aliphatic carbocycles. The fraction of sp³-hybridized carbons (Fsp3) is 0.529. The van der Waals surface area contributed by atoms with Crippen molar-refractivity contribution in [1.29, 1.82) is 0 Å². The number of alkyl carbamates (subject to hydrolysis) is 1. The molecule has 1 aromatic carbocycles. The van der Waals surface area contributed by atoms with Crippen LogP contribution >= 0.6 is 0 Å². The summed E-state index contributed by atoms with van der Waals surface area (Å²) in [4.78, 5) is 23.3. The molecule has 0 bridgehead atoms. The zero-order valence-electron chi connectivity index (χ0n) is 14.0. The van der Waals surface area contributed by atoms with Gasteiger partial charge in [-0.2, -0.15) is 0 Å². The van der Waals surface area contributed by atoms with E-state index in [1.807, 2.05) is 24.3 Å². The molecule has 23 heavy (non-hydrogen) atoms. The average molecular weight is 323 g/mol. The van der Waals surface area contributed by atoms with E-state index in [1.54, 1.807) is 20.8 Å². The Morgan fingerprint density at radius 1 is 1.39 bits per heavy atom. The maximum absolute atomic E-state index is 11.9. The second-order valence-corrected chi connectivity index (χ2v) is 6.09. The summed E-state index contributed by atoms with van der Waals surface area (Å²) in [5.41, 5.74) is 0.349. The first-order valence-corrected chi connectivity index (χ1v) is 7.52. The molecule has 6 nitrogen and oxygen atoms in total. The van der Waals surface area contributed by atoms with Crippen molar-refractivity contribution in [3.63, 3.8) is 0 Å². The number of hydrogen-bond acceptors (Lipinski definition) is 5. The van der Waals surface area contributed by atoms with Crippen LogP contribution in [0, 0.1) is 0 Å². The fourth-order valence-electron chi connectivity index (χ4n) is 2.42. The van der Waals surface area contributed by atoms with Crippen molar-refractivity contribution in [2.45, 2.75) is 44.8 Å². The smallest absolute Gasteiger partial charge is 0.408 e. The molecule has 0 saturated carbocycles. The number of amides is 1. The van der Waals surface area contributed by atoms with Crippen LogP contribution in [-0.4, -0.2) is 42.8 Å². The molecule has 0 fully saturated rings. The predicted molar refractivity (Wildman–Crippen MR) is 86.7 cm³/mol. The number of aldehydes is 1. The summed E-state index contributed by atoms with van der Waals surface area (Å²) in [5, 5.41) is 9.65. The SMILES string of the molecule is CC(C)(C)OC(=O)NC(C=O)C1CCOc2ccccc21.CO. The van der Waals surface area contributed by atoms with E-state index in [9.17, 15) is 9.59 Å². The van der Waals surface area contributed by atoms with Crippen LogP contribution in [-0.2, 0) is 9.53 Å². The van der Waals surface area contributed by atoms with E-state index in [2.05, 4.69) is 5.32 Å². The molecule has 2 atom stereocenters. The lowest BCUT2D eigenvalue weighted by Crippen LogP contribution is -2.44. The van der Waals surface area contributed by atoms with Gasteiger partial charge in [0.1, 0.15) is 17.6 Å². The van der Waals surface area contributed by atoms with Crippen LogP contribution in [0.4, 0.5) is 4.79 Å². The summed E-state index contributed by atoms with van der Waals surface area (Å²) >= 11 is 0. The van der Waals surface area contributed by atoms with Gasteiger partial charge in [0.15, 0.2) is 0 Å². The third kappa shape index (κ3) is 5.56. The summed E-state index contributed by atoms with van der Waals surface area (Å²) < 4.78 is 10.8. The molecule has 1 aliphatic rings. The number of aliphatic hydroxyl groups excluding tert-OH is 1. The normalized spacial score (nSPS) is 17.5. The number of rotatable bonds is 3. The van der Waals surface area contributed by atoms with Crippen LogP contribution in [0.3, 0.4) is 0 Å². The largest absolute Gasteiger partial charge is 0.493 e. The molecular formula is C17H25NO5. The number of nitrogens with one attached hydrogen (secondary N) is 1. The van der Waals surface area contributed by atoms with Gasteiger partial charge in [-0.3, -0.25) is 0 Å². The molecule has 0 spiro atoms. The van der Waals surface area contributed by atoms with Crippen molar-refractivity contribution in [3.05, 3.63) is 29.8 Å². The molecule has 1 heterocycles. The number of hydrogen-bond donors (Lipinski definition) is 2. The summed E-state index contributed by atoms with van der Waals surface area (Å²) in [5.74, 6) is 0.673. The van der Waals surface area contributed by atoms with Crippen molar-refractivity contribution in [2.24, 2.45) is 0 Å². The number of aliphatic hydroxyl groups is 1. The van der Waals surface area contributed by atoms with Gasteiger partial charge in [0.25, 0.3) is 0 Å². The van der Waals surface area contributed by atoms with E-state index < -0.39 is 17.7 Å². The van der Waals surface area contributed by atoms with Gasteiger partial charge in [-0.05, 0) is 38.8 Å². The van der Waals surface area contributed by atoms with Gasteiger partial charge >= 0.3 is 6.09 Å². The second-order valence-electron chi connectivity index (χ2n) is 6.09. The van der Waals surface area contributed by atoms with E-state index >= 15 is 0 Å². The Labute approximate surface area is 136 Å². The first-order valence-electron chi connectivity index (χ1n) is 7.52. The first kappa shape index (κ1) is 19.0. The molecule has 1 amide bonds. The maximum Gasteiger partial charge on any atom is 0.408 e. The van der Waals surface area contributed by atoms with Crippen LogP contribution in [0.5, 0.6) is 5.75 Å². The number of fused-ring (bicyclic) bond motifs is 1. The van der Waals surface area contributed by atoms with Crippen molar-refractivity contribution >= 4 is 12.4 Å². The van der Waals surface area contributed by atoms with Crippen molar-refractivity contribution in [2.75, 3.05) is 13.7 Å². The Balaban J connectivity index is 0.00000127. The second kappa shape index (κ2) is 8.53. The number of carbonyl (C=O) groups excluding carboxylic acids is 2. The zero-order chi connectivity index (χ0) is 17.5. The number of carbonyl (C=O) groups is 2. The molecule has 1 aromatic rings. The Morgan fingerprint density at radius 2 is 2.04 bits per heavy atom. The lowest BCUT2D eigenvalue weighted by Gasteiger charge is -2.30.